The Labute approximate surface area is 160 Å². The maximum atomic E-state index is 13.1. The summed E-state index contributed by atoms with van der Waals surface area (Å²) in [6, 6.07) is 11.7. The molecule has 2 aromatic carbocycles. The number of methoxy groups -OCH3 is 1. The van der Waals surface area contributed by atoms with Crippen LogP contribution >= 0.6 is 0 Å². The summed E-state index contributed by atoms with van der Waals surface area (Å²) in [6.07, 6.45) is 4.79. The second kappa shape index (κ2) is 7.14. The van der Waals surface area contributed by atoms with Crippen LogP contribution in [0.2, 0.25) is 0 Å². The van der Waals surface area contributed by atoms with Gasteiger partial charge in [-0.25, -0.2) is 0 Å². The molecule has 0 bridgehead atoms. The Kier molecular flexibility index (Phi) is 4.68. The lowest BCUT2D eigenvalue weighted by Crippen LogP contribution is -2.26. The van der Waals surface area contributed by atoms with Crippen LogP contribution in [0.4, 0.5) is 11.4 Å². The van der Waals surface area contributed by atoms with Gasteiger partial charge in [0.05, 0.1) is 19.3 Å². The number of carbonyl (C=O) groups is 1. The summed E-state index contributed by atoms with van der Waals surface area (Å²) < 4.78 is 11.7. The van der Waals surface area contributed by atoms with Crippen molar-refractivity contribution in [3.05, 3.63) is 47.5 Å². The second-order valence-corrected chi connectivity index (χ2v) is 7.26. The standard InChI is InChI=1S/C22H26N2O3/c1-14-18-10-8-15(23-2)12-19(18)22(25)24(14)16-9-11-20(26-3)21(13-16)27-17-6-4-5-7-17/h8-14,17,23H,4-7H2,1-3H3. The maximum absolute atomic E-state index is 13.1. The zero-order chi connectivity index (χ0) is 19.0. The van der Waals surface area contributed by atoms with Gasteiger partial charge in [0.2, 0.25) is 0 Å². The highest BCUT2D eigenvalue weighted by molar-refractivity contribution is 6.11. The normalized spacial score (nSPS) is 19.3. The van der Waals surface area contributed by atoms with Crippen LogP contribution in [-0.4, -0.2) is 26.2 Å². The minimum Gasteiger partial charge on any atom is -0.493 e. The first-order valence-electron chi connectivity index (χ1n) is 9.62. The molecule has 4 rings (SSSR count). The number of anilines is 2. The predicted octanol–water partition coefficient (Wildman–Crippen LogP) is 4.78. The van der Waals surface area contributed by atoms with Gasteiger partial charge in [0.25, 0.3) is 5.91 Å². The number of benzene rings is 2. The number of rotatable bonds is 5. The predicted molar refractivity (Wildman–Crippen MR) is 107 cm³/mol. The number of hydrogen-bond donors (Lipinski definition) is 1. The monoisotopic (exact) mass is 366 g/mol. The van der Waals surface area contributed by atoms with Crippen LogP contribution in [0.25, 0.3) is 0 Å². The molecule has 0 aromatic heterocycles. The quantitative estimate of drug-likeness (QED) is 0.827. The summed E-state index contributed by atoms with van der Waals surface area (Å²) in [7, 11) is 3.51. The van der Waals surface area contributed by atoms with Gasteiger partial charge in [-0.3, -0.25) is 4.79 Å². The summed E-state index contributed by atoms with van der Waals surface area (Å²) in [4.78, 5) is 15.0. The van der Waals surface area contributed by atoms with Crippen molar-refractivity contribution >= 4 is 17.3 Å². The Morgan fingerprint density at radius 2 is 1.85 bits per heavy atom. The van der Waals surface area contributed by atoms with Crippen LogP contribution in [0.5, 0.6) is 11.5 Å². The van der Waals surface area contributed by atoms with E-state index in [1.807, 2.05) is 48.3 Å². The Morgan fingerprint density at radius 1 is 1.07 bits per heavy atom. The first kappa shape index (κ1) is 17.7. The topological polar surface area (TPSA) is 50.8 Å². The highest BCUT2D eigenvalue weighted by Gasteiger charge is 2.35. The van der Waals surface area contributed by atoms with E-state index in [0.29, 0.717) is 11.5 Å². The van der Waals surface area contributed by atoms with Crippen LogP contribution in [0, 0.1) is 0 Å². The lowest BCUT2D eigenvalue weighted by atomic mass is 10.1. The molecule has 1 aliphatic carbocycles. The third-order valence-corrected chi connectivity index (χ3v) is 5.65. The van der Waals surface area contributed by atoms with Crippen molar-refractivity contribution in [1.29, 1.82) is 0 Å². The fourth-order valence-corrected chi connectivity index (χ4v) is 4.14. The molecule has 2 aromatic rings. The van der Waals surface area contributed by atoms with Crippen LogP contribution < -0.4 is 19.7 Å². The summed E-state index contributed by atoms with van der Waals surface area (Å²) in [6.45, 7) is 2.06. The van der Waals surface area contributed by atoms with E-state index in [1.54, 1.807) is 7.11 Å². The van der Waals surface area contributed by atoms with E-state index in [2.05, 4.69) is 12.2 Å². The van der Waals surface area contributed by atoms with Gasteiger partial charge >= 0.3 is 0 Å². The average molecular weight is 366 g/mol. The van der Waals surface area contributed by atoms with Crippen LogP contribution in [0.1, 0.15) is 54.6 Å². The first-order chi connectivity index (χ1) is 13.1. The third-order valence-electron chi connectivity index (χ3n) is 5.65. The fourth-order valence-electron chi connectivity index (χ4n) is 4.14. The van der Waals surface area contributed by atoms with Gasteiger partial charge in [-0.05, 0) is 62.4 Å². The van der Waals surface area contributed by atoms with Gasteiger partial charge in [0.1, 0.15) is 0 Å². The number of hydrogen-bond acceptors (Lipinski definition) is 4. The van der Waals surface area contributed by atoms with Gasteiger partial charge in [-0.1, -0.05) is 6.07 Å². The Morgan fingerprint density at radius 3 is 2.56 bits per heavy atom. The Bertz CT molecular complexity index is 859. The van der Waals surface area contributed by atoms with Crippen LogP contribution in [0.3, 0.4) is 0 Å². The molecule has 27 heavy (non-hydrogen) atoms. The minimum atomic E-state index is -0.0221. The van der Waals surface area contributed by atoms with E-state index in [1.165, 1.54) is 12.8 Å². The molecule has 5 heteroatoms. The molecule has 5 nitrogen and oxygen atoms in total. The summed E-state index contributed by atoms with van der Waals surface area (Å²) in [5.74, 6) is 1.44. The van der Waals surface area contributed by atoms with Crippen molar-refractivity contribution in [2.75, 3.05) is 24.4 Å². The molecule has 1 unspecified atom stereocenters. The molecule has 1 aliphatic heterocycles. The van der Waals surface area contributed by atoms with Gasteiger partial charge in [0, 0.05) is 30.1 Å². The minimum absolute atomic E-state index is 0.0200. The number of nitrogens with one attached hydrogen (secondary N) is 1. The highest BCUT2D eigenvalue weighted by atomic mass is 16.5. The van der Waals surface area contributed by atoms with Crippen LogP contribution in [-0.2, 0) is 0 Å². The molecule has 1 fully saturated rings. The van der Waals surface area contributed by atoms with E-state index in [0.717, 1.165) is 35.3 Å². The van der Waals surface area contributed by atoms with Crippen molar-refractivity contribution in [3.8, 4) is 11.5 Å². The van der Waals surface area contributed by atoms with E-state index < -0.39 is 0 Å². The maximum Gasteiger partial charge on any atom is 0.259 e. The fraction of sp³-hybridized carbons (Fsp3) is 0.409. The van der Waals surface area contributed by atoms with Gasteiger partial charge < -0.3 is 19.7 Å². The molecular weight excluding hydrogens is 340 g/mol. The molecule has 1 N–H and O–H groups in total. The lowest BCUT2D eigenvalue weighted by Gasteiger charge is -2.24. The number of carbonyl (C=O) groups excluding carboxylic acids is 1. The molecule has 1 atom stereocenters. The third kappa shape index (κ3) is 3.11. The van der Waals surface area contributed by atoms with E-state index >= 15 is 0 Å². The van der Waals surface area contributed by atoms with Crippen molar-refractivity contribution in [1.82, 2.24) is 0 Å². The number of ether oxygens (including phenoxy) is 2. The second-order valence-electron chi connectivity index (χ2n) is 7.26. The van der Waals surface area contributed by atoms with Crippen molar-refractivity contribution in [3.63, 3.8) is 0 Å². The smallest absolute Gasteiger partial charge is 0.259 e. The van der Waals surface area contributed by atoms with E-state index in [-0.39, 0.29) is 18.1 Å². The van der Waals surface area contributed by atoms with Gasteiger partial charge in [-0.15, -0.1) is 0 Å². The molecule has 0 radical (unpaired) electrons. The molecule has 1 saturated carbocycles. The van der Waals surface area contributed by atoms with Crippen molar-refractivity contribution in [2.24, 2.45) is 0 Å². The summed E-state index contributed by atoms with van der Waals surface area (Å²) in [5, 5.41) is 3.10. The molecule has 1 amide bonds. The number of nitrogens with zero attached hydrogens (tertiary/aromatic N) is 1. The zero-order valence-corrected chi connectivity index (χ0v) is 16.1. The SMILES string of the molecule is CNc1ccc2c(c1)C(=O)N(c1ccc(OC)c(OC3CCCC3)c1)C2C. The average Bonchev–Trinajstić information content (AvgIpc) is 3.28. The lowest BCUT2D eigenvalue weighted by molar-refractivity contribution is 0.0992. The highest BCUT2D eigenvalue weighted by Crippen LogP contribution is 2.42. The summed E-state index contributed by atoms with van der Waals surface area (Å²) >= 11 is 0. The molecular formula is C22H26N2O3. The largest absolute Gasteiger partial charge is 0.493 e. The Balaban J connectivity index is 1.67. The van der Waals surface area contributed by atoms with Crippen LogP contribution in [0.15, 0.2) is 36.4 Å². The molecule has 1 heterocycles. The van der Waals surface area contributed by atoms with Crippen molar-refractivity contribution in [2.45, 2.75) is 44.8 Å². The van der Waals surface area contributed by atoms with Crippen molar-refractivity contribution < 1.29 is 14.3 Å². The zero-order valence-electron chi connectivity index (χ0n) is 16.1. The van der Waals surface area contributed by atoms with E-state index in [9.17, 15) is 4.79 Å². The Hall–Kier alpha value is -2.69. The molecule has 142 valence electrons. The number of amides is 1. The number of fused-ring (bicyclic) bond motifs is 1. The van der Waals surface area contributed by atoms with Gasteiger partial charge in [-0.2, -0.15) is 0 Å². The van der Waals surface area contributed by atoms with E-state index in [4.69, 9.17) is 9.47 Å². The summed E-state index contributed by atoms with van der Waals surface area (Å²) in [5.41, 5.74) is 3.58. The van der Waals surface area contributed by atoms with Gasteiger partial charge in [0.15, 0.2) is 11.5 Å². The molecule has 0 saturated heterocycles. The molecule has 0 spiro atoms. The first-order valence-corrected chi connectivity index (χ1v) is 9.62. The molecule has 2 aliphatic rings.